The quantitative estimate of drug-likeness (QED) is 0.901. The van der Waals surface area contributed by atoms with Crippen LogP contribution in [0.3, 0.4) is 0 Å². The van der Waals surface area contributed by atoms with Gasteiger partial charge in [-0.25, -0.2) is 4.98 Å². The van der Waals surface area contributed by atoms with Crippen LogP contribution in [0.4, 0.5) is 0 Å². The number of hydrogen-bond donors (Lipinski definition) is 2. The van der Waals surface area contributed by atoms with Crippen LogP contribution in [-0.4, -0.2) is 23.0 Å². The second kappa shape index (κ2) is 6.44. The molecule has 3 rings (SSSR count). The predicted octanol–water partition coefficient (Wildman–Crippen LogP) is 3.11. The van der Waals surface area contributed by atoms with E-state index in [9.17, 15) is 4.79 Å². The van der Waals surface area contributed by atoms with Gasteiger partial charge in [0.05, 0.1) is 10.7 Å². The minimum absolute atomic E-state index is 0.0646. The first-order valence-corrected chi connectivity index (χ1v) is 8.99. The standard InChI is InChI=1S/C16H25N3OS/c1-10-14(21-16(18-10)11-4-2-3-5-11)15(20)19-13-8-6-12(17)7-9-13/h11-13H,2-9,17H2,1H3,(H,19,20). The molecule has 3 N–H and O–H groups in total. The summed E-state index contributed by atoms with van der Waals surface area (Å²) in [4.78, 5) is 17.9. The van der Waals surface area contributed by atoms with Crippen molar-refractivity contribution in [2.24, 2.45) is 5.73 Å². The van der Waals surface area contributed by atoms with Crippen molar-refractivity contribution in [2.75, 3.05) is 0 Å². The summed E-state index contributed by atoms with van der Waals surface area (Å²) >= 11 is 1.61. The molecule has 1 heterocycles. The Hall–Kier alpha value is -0.940. The van der Waals surface area contributed by atoms with Gasteiger partial charge in [0.1, 0.15) is 4.88 Å². The third-order valence-electron chi connectivity index (χ3n) is 4.83. The molecular weight excluding hydrogens is 282 g/mol. The highest BCUT2D eigenvalue weighted by Crippen LogP contribution is 2.37. The summed E-state index contributed by atoms with van der Waals surface area (Å²) in [5.74, 6) is 0.651. The number of nitrogens with zero attached hydrogens (tertiary/aromatic N) is 1. The molecule has 21 heavy (non-hydrogen) atoms. The number of aromatic nitrogens is 1. The van der Waals surface area contributed by atoms with Crippen LogP contribution >= 0.6 is 11.3 Å². The summed E-state index contributed by atoms with van der Waals surface area (Å²) in [7, 11) is 0. The maximum Gasteiger partial charge on any atom is 0.263 e. The van der Waals surface area contributed by atoms with Crippen LogP contribution in [0.1, 0.15) is 77.7 Å². The van der Waals surface area contributed by atoms with E-state index < -0.39 is 0 Å². The Balaban J connectivity index is 1.64. The molecule has 4 nitrogen and oxygen atoms in total. The molecule has 0 bridgehead atoms. The number of carbonyl (C=O) groups is 1. The van der Waals surface area contributed by atoms with Gasteiger partial charge in [-0.15, -0.1) is 11.3 Å². The van der Waals surface area contributed by atoms with Gasteiger partial charge in [-0.3, -0.25) is 4.79 Å². The maximum absolute atomic E-state index is 12.5. The summed E-state index contributed by atoms with van der Waals surface area (Å²) in [5.41, 5.74) is 6.81. The highest BCUT2D eigenvalue weighted by atomic mass is 32.1. The summed E-state index contributed by atoms with van der Waals surface area (Å²) in [6.45, 7) is 1.96. The fourth-order valence-electron chi connectivity index (χ4n) is 3.49. The second-order valence-corrected chi connectivity index (χ2v) is 7.56. The van der Waals surface area contributed by atoms with Crippen molar-refractivity contribution in [3.05, 3.63) is 15.6 Å². The van der Waals surface area contributed by atoms with Crippen LogP contribution in [-0.2, 0) is 0 Å². The zero-order chi connectivity index (χ0) is 14.8. The smallest absolute Gasteiger partial charge is 0.263 e. The molecule has 0 unspecified atom stereocenters. The number of hydrogen-bond acceptors (Lipinski definition) is 4. The van der Waals surface area contributed by atoms with Crippen molar-refractivity contribution < 1.29 is 4.79 Å². The van der Waals surface area contributed by atoms with Crippen molar-refractivity contribution in [3.63, 3.8) is 0 Å². The highest BCUT2D eigenvalue weighted by Gasteiger charge is 2.26. The van der Waals surface area contributed by atoms with E-state index in [1.165, 1.54) is 30.7 Å². The molecule has 2 aliphatic carbocycles. The minimum Gasteiger partial charge on any atom is -0.349 e. The first-order valence-electron chi connectivity index (χ1n) is 8.17. The molecular formula is C16H25N3OS. The predicted molar refractivity (Wildman–Crippen MR) is 85.8 cm³/mol. The molecule has 0 aromatic carbocycles. The number of amides is 1. The average Bonchev–Trinajstić information content (AvgIpc) is 3.10. The first kappa shape index (κ1) is 15.0. The van der Waals surface area contributed by atoms with Gasteiger partial charge in [0.2, 0.25) is 0 Å². The lowest BCUT2D eigenvalue weighted by Crippen LogP contribution is -2.40. The van der Waals surface area contributed by atoms with Crippen molar-refractivity contribution in [2.45, 2.75) is 76.3 Å². The Morgan fingerprint density at radius 3 is 2.52 bits per heavy atom. The summed E-state index contributed by atoms with van der Waals surface area (Å²) in [5, 5.41) is 4.34. The topological polar surface area (TPSA) is 68.0 Å². The molecule has 0 atom stereocenters. The number of nitrogens with one attached hydrogen (secondary N) is 1. The molecule has 116 valence electrons. The second-order valence-electron chi connectivity index (χ2n) is 6.53. The van der Waals surface area contributed by atoms with E-state index in [-0.39, 0.29) is 11.9 Å². The molecule has 1 amide bonds. The van der Waals surface area contributed by atoms with Crippen LogP contribution in [0.2, 0.25) is 0 Å². The van der Waals surface area contributed by atoms with Gasteiger partial charge in [0.25, 0.3) is 5.91 Å². The van der Waals surface area contributed by atoms with Crippen LogP contribution < -0.4 is 11.1 Å². The van der Waals surface area contributed by atoms with Gasteiger partial charge in [0, 0.05) is 18.0 Å². The number of nitrogens with two attached hydrogens (primary N) is 1. The maximum atomic E-state index is 12.5. The Morgan fingerprint density at radius 1 is 1.19 bits per heavy atom. The monoisotopic (exact) mass is 307 g/mol. The normalized spacial score (nSPS) is 27.0. The molecule has 0 spiro atoms. The molecule has 2 saturated carbocycles. The van der Waals surface area contributed by atoms with E-state index in [4.69, 9.17) is 5.73 Å². The van der Waals surface area contributed by atoms with Crippen molar-refractivity contribution in [3.8, 4) is 0 Å². The van der Waals surface area contributed by atoms with Gasteiger partial charge >= 0.3 is 0 Å². The third kappa shape index (κ3) is 3.46. The van der Waals surface area contributed by atoms with Crippen LogP contribution in [0, 0.1) is 6.92 Å². The Kier molecular flexibility index (Phi) is 4.60. The van der Waals surface area contributed by atoms with Gasteiger partial charge in [-0.1, -0.05) is 12.8 Å². The summed E-state index contributed by atoms with van der Waals surface area (Å²) in [6, 6.07) is 0.603. The molecule has 0 aliphatic heterocycles. The van der Waals surface area contributed by atoms with E-state index in [1.54, 1.807) is 11.3 Å². The van der Waals surface area contributed by atoms with Gasteiger partial charge in [-0.05, 0) is 45.4 Å². The third-order valence-corrected chi connectivity index (χ3v) is 6.15. The molecule has 2 fully saturated rings. The largest absolute Gasteiger partial charge is 0.349 e. The molecule has 0 radical (unpaired) electrons. The lowest BCUT2D eigenvalue weighted by molar-refractivity contribution is 0.0929. The van der Waals surface area contributed by atoms with Gasteiger partial charge in [-0.2, -0.15) is 0 Å². The Labute approximate surface area is 130 Å². The van der Waals surface area contributed by atoms with Crippen molar-refractivity contribution in [1.29, 1.82) is 0 Å². The highest BCUT2D eigenvalue weighted by molar-refractivity contribution is 7.13. The number of thiazole rings is 1. The van der Waals surface area contributed by atoms with Crippen LogP contribution in [0.5, 0.6) is 0 Å². The molecule has 1 aromatic heterocycles. The minimum atomic E-state index is 0.0646. The van der Waals surface area contributed by atoms with E-state index in [0.29, 0.717) is 12.0 Å². The number of rotatable bonds is 3. The zero-order valence-electron chi connectivity index (χ0n) is 12.7. The Bertz CT molecular complexity index is 500. The SMILES string of the molecule is Cc1nc(C2CCCC2)sc1C(=O)NC1CCC(N)CC1. The first-order chi connectivity index (χ1) is 10.1. The lowest BCUT2D eigenvalue weighted by atomic mass is 9.92. The van der Waals surface area contributed by atoms with E-state index in [0.717, 1.165) is 36.3 Å². The summed E-state index contributed by atoms with van der Waals surface area (Å²) < 4.78 is 0. The average molecular weight is 307 g/mol. The molecule has 2 aliphatic rings. The van der Waals surface area contributed by atoms with Crippen LogP contribution in [0.15, 0.2) is 0 Å². The number of aryl methyl sites for hydroxylation is 1. The fourth-order valence-corrected chi connectivity index (χ4v) is 4.63. The lowest BCUT2D eigenvalue weighted by Gasteiger charge is -2.26. The Morgan fingerprint density at radius 2 is 1.86 bits per heavy atom. The fraction of sp³-hybridized carbons (Fsp3) is 0.750. The van der Waals surface area contributed by atoms with Crippen molar-refractivity contribution in [1.82, 2.24) is 10.3 Å². The van der Waals surface area contributed by atoms with E-state index in [2.05, 4.69) is 10.3 Å². The van der Waals surface area contributed by atoms with E-state index in [1.807, 2.05) is 6.92 Å². The van der Waals surface area contributed by atoms with Gasteiger partial charge in [0.15, 0.2) is 0 Å². The molecule has 5 heteroatoms. The van der Waals surface area contributed by atoms with Gasteiger partial charge < -0.3 is 11.1 Å². The number of carbonyl (C=O) groups excluding carboxylic acids is 1. The molecule has 0 saturated heterocycles. The van der Waals surface area contributed by atoms with Crippen molar-refractivity contribution >= 4 is 17.2 Å². The summed E-state index contributed by atoms with van der Waals surface area (Å²) in [6.07, 6.45) is 9.09. The zero-order valence-corrected chi connectivity index (χ0v) is 13.5. The molecule has 1 aromatic rings. The van der Waals surface area contributed by atoms with E-state index >= 15 is 0 Å². The van der Waals surface area contributed by atoms with Crippen LogP contribution in [0.25, 0.3) is 0 Å².